The third kappa shape index (κ3) is 4.78. The lowest BCUT2D eigenvalue weighted by Gasteiger charge is -2.01. The molecule has 0 saturated heterocycles. The van der Waals surface area contributed by atoms with Crippen molar-refractivity contribution >= 4 is 28.9 Å². The molecule has 0 atom stereocenters. The molecule has 0 aliphatic rings. The van der Waals surface area contributed by atoms with Gasteiger partial charge in [0.05, 0.1) is 11.6 Å². The maximum absolute atomic E-state index is 8.34. The van der Waals surface area contributed by atoms with Gasteiger partial charge in [0.25, 0.3) is 0 Å². The molecular weight excluding hydrogens is 254 g/mol. The van der Waals surface area contributed by atoms with Gasteiger partial charge in [0.1, 0.15) is 0 Å². The van der Waals surface area contributed by atoms with Crippen LogP contribution in [0.5, 0.6) is 0 Å². The average Bonchev–Trinajstić information content (AvgIpc) is 2.40. The minimum absolute atomic E-state index is 0.643. The van der Waals surface area contributed by atoms with Gasteiger partial charge in [0.2, 0.25) is 0 Å². The molecule has 0 radical (unpaired) electrons. The zero-order valence-corrected chi connectivity index (χ0v) is 11.3. The molecule has 19 heavy (non-hydrogen) atoms. The third-order valence-electron chi connectivity index (χ3n) is 2.31. The Hall–Kier alpha value is -2.38. The number of nitrogens with two attached hydrogens (primary N) is 2. The van der Waals surface area contributed by atoms with Crippen molar-refractivity contribution < 1.29 is 0 Å². The molecule has 0 fully saturated rings. The van der Waals surface area contributed by atoms with Crippen LogP contribution in [-0.4, -0.2) is 0 Å². The SMILES string of the molecule is C=C(S)c1ccccc1N.N#Cc1ccc(N)cc1. The number of nitrogens with zero attached hydrogens (tertiary/aromatic N) is 1. The van der Waals surface area contributed by atoms with E-state index in [2.05, 4.69) is 19.2 Å². The highest BCUT2D eigenvalue weighted by atomic mass is 32.1. The average molecular weight is 269 g/mol. The first-order valence-corrected chi connectivity index (χ1v) is 5.97. The van der Waals surface area contributed by atoms with E-state index in [0.717, 1.165) is 11.3 Å². The Morgan fingerprint density at radius 3 is 2.05 bits per heavy atom. The Morgan fingerprint density at radius 2 is 1.63 bits per heavy atom. The summed E-state index contributed by atoms with van der Waals surface area (Å²) in [7, 11) is 0. The number of hydrogen-bond donors (Lipinski definition) is 3. The monoisotopic (exact) mass is 269 g/mol. The molecule has 96 valence electrons. The topological polar surface area (TPSA) is 75.8 Å². The van der Waals surface area contributed by atoms with E-state index in [4.69, 9.17) is 16.7 Å². The molecule has 2 aromatic carbocycles. The second kappa shape index (κ2) is 7.14. The highest BCUT2D eigenvalue weighted by Gasteiger charge is 1.95. The van der Waals surface area contributed by atoms with Crippen molar-refractivity contribution in [3.63, 3.8) is 0 Å². The van der Waals surface area contributed by atoms with Crippen LogP contribution in [0.25, 0.3) is 4.91 Å². The number of benzene rings is 2. The molecule has 0 aromatic heterocycles. The van der Waals surface area contributed by atoms with E-state index in [9.17, 15) is 0 Å². The number of nitriles is 1. The summed E-state index contributed by atoms with van der Waals surface area (Å²) >= 11 is 4.08. The van der Waals surface area contributed by atoms with Gasteiger partial charge in [-0.3, -0.25) is 0 Å². The summed E-state index contributed by atoms with van der Waals surface area (Å²) in [5, 5.41) is 8.34. The van der Waals surface area contributed by atoms with Crippen LogP contribution in [0.1, 0.15) is 11.1 Å². The first-order chi connectivity index (χ1) is 9.04. The van der Waals surface area contributed by atoms with Crippen LogP contribution in [0.3, 0.4) is 0 Å². The first-order valence-electron chi connectivity index (χ1n) is 5.53. The second-order valence-electron chi connectivity index (χ2n) is 3.77. The van der Waals surface area contributed by atoms with E-state index in [1.54, 1.807) is 24.3 Å². The van der Waals surface area contributed by atoms with Crippen LogP contribution >= 0.6 is 12.6 Å². The summed E-state index contributed by atoms with van der Waals surface area (Å²) in [6.07, 6.45) is 0. The van der Waals surface area contributed by atoms with Gasteiger partial charge in [-0.05, 0) is 30.3 Å². The lowest BCUT2D eigenvalue weighted by Crippen LogP contribution is -1.88. The molecule has 0 heterocycles. The largest absolute Gasteiger partial charge is 0.399 e. The molecule has 0 amide bonds. The number of anilines is 2. The zero-order valence-electron chi connectivity index (χ0n) is 10.4. The summed E-state index contributed by atoms with van der Waals surface area (Å²) in [6.45, 7) is 3.67. The second-order valence-corrected chi connectivity index (χ2v) is 4.31. The molecule has 3 nitrogen and oxygen atoms in total. The zero-order chi connectivity index (χ0) is 14.3. The summed E-state index contributed by atoms with van der Waals surface area (Å²) in [5.41, 5.74) is 13.9. The lowest BCUT2D eigenvalue weighted by atomic mass is 10.2. The van der Waals surface area contributed by atoms with Crippen molar-refractivity contribution in [1.82, 2.24) is 0 Å². The van der Waals surface area contributed by atoms with Gasteiger partial charge in [-0.2, -0.15) is 5.26 Å². The fourth-order valence-electron chi connectivity index (χ4n) is 1.32. The van der Waals surface area contributed by atoms with Gasteiger partial charge >= 0.3 is 0 Å². The number of rotatable bonds is 1. The van der Waals surface area contributed by atoms with Crippen molar-refractivity contribution in [2.75, 3.05) is 11.5 Å². The van der Waals surface area contributed by atoms with Crippen LogP contribution in [0, 0.1) is 11.3 Å². The maximum Gasteiger partial charge on any atom is 0.0991 e. The fourth-order valence-corrected chi connectivity index (χ4v) is 1.52. The highest BCUT2D eigenvalue weighted by Crippen LogP contribution is 2.21. The third-order valence-corrected chi connectivity index (χ3v) is 2.55. The van der Waals surface area contributed by atoms with E-state index in [-0.39, 0.29) is 0 Å². The van der Waals surface area contributed by atoms with Crippen molar-refractivity contribution in [2.45, 2.75) is 0 Å². The Labute approximate surface area is 118 Å². The Balaban J connectivity index is 0.000000191. The Kier molecular flexibility index (Phi) is 5.52. The summed E-state index contributed by atoms with van der Waals surface area (Å²) < 4.78 is 0. The van der Waals surface area contributed by atoms with Crippen molar-refractivity contribution in [2.24, 2.45) is 0 Å². The fraction of sp³-hybridized carbons (Fsp3) is 0. The number of hydrogen-bond acceptors (Lipinski definition) is 4. The minimum atomic E-state index is 0.643. The van der Waals surface area contributed by atoms with E-state index < -0.39 is 0 Å². The summed E-state index contributed by atoms with van der Waals surface area (Å²) in [5.74, 6) is 0. The van der Waals surface area contributed by atoms with Crippen molar-refractivity contribution in [3.05, 3.63) is 66.2 Å². The van der Waals surface area contributed by atoms with Gasteiger partial charge in [0, 0.05) is 21.8 Å². The molecular formula is C15H15N3S. The number of nitrogen functional groups attached to an aromatic ring is 2. The standard InChI is InChI=1S/C8H9NS.C7H6N2/c1-6(10)7-4-2-3-5-8(7)9;8-5-6-1-3-7(9)4-2-6/h2-5,10H,1,9H2;1-4H,9H2. The molecule has 0 unspecified atom stereocenters. The number of para-hydroxylation sites is 1. The quantitative estimate of drug-likeness (QED) is 0.549. The van der Waals surface area contributed by atoms with Crippen LogP contribution in [-0.2, 0) is 0 Å². The minimum Gasteiger partial charge on any atom is -0.399 e. The van der Waals surface area contributed by atoms with E-state index >= 15 is 0 Å². The highest BCUT2D eigenvalue weighted by molar-refractivity contribution is 7.90. The van der Waals surface area contributed by atoms with Crippen LogP contribution in [0.2, 0.25) is 0 Å². The van der Waals surface area contributed by atoms with E-state index in [1.165, 1.54) is 0 Å². The van der Waals surface area contributed by atoms with Crippen LogP contribution < -0.4 is 11.5 Å². The predicted octanol–water partition coefficient (Wildman–Crippen LogP) is 3.31. The molecule has 2 rings (SSSR count). The maximum atomic E-state index is 8.34. The summed E-state index contributed by atoms with van der Waals surface area (Å²) in [4.78, 5) is 0.707. The molecule has 0 spiro atoms. The predicted molar refractivity (Wildman–Crippen MR) is 84.4 cm³/mol. The summed E-state index contributed by atoms with van der Waals surface area (Å²) in [6, 6.07) is 16.3. The first kappa shape index (κ1) is 14.7. The molecule has 0 aliphatic carbocycles. The van der Waals surface area contributed by atoms with Crippen molar-refractivity contribution in [1.29, 1.82) is 5.26 Å². The van der Waals surface area contributed by atoms with Crippen LogP contribution in [0.4, 0.5) is 11.4 Å². The molecule has 4 N–H and O–H groups in total. The molecule has 0 aliphatic heterocycles. The van der Waals surface area contributed by atoms with Crippen molar-refractivity contribution in [3.8, 4) is 6.07 Å². The van der Waals surface area contributed by atoms with Gasteiger partial charge < -0.3 is 11.5 Å². The normalized spacial score (nSPS) is 8.84. The number of thiol groups is 1. The van der Waals surface area contributed by atoms with E-state index in [1.807, 2.05) is 30.3 Å². The van der Waals surface area contributed by atoms with Gasteiger partial charge in [0.15, 0.2) is 0 Å². The Morgan fingerprint density at radius 1 is 1.05 bits per heavy atom. The molecule has 4 heteroatoms. The molecule has 0 saturated carbocycles. The van der Waals surface area contributed by atoms with E-state index in [0.29, 0.717) is 16.2 Å². The molecule has 0 bridgehead atoms. The lowest BCUT2D eigenvalue weighted by molar-refractivity contribution is 1.49. The smallest absolute Gasteiger partial charge is 0.0991 e. The van der Waals surface area contributed by atoms with Gasteiger partial charge in [-0.25, -0.2) is 0 Å². The molecule has 2 aromatic rings. The van der Waals surface area contributed by atoms with Crippen LogP contribution in [0.15, 0.2) is 55.1 Å². The van der Waals surface area contributed by atoms with Gasteiger partial charge in [-0.15, -0.1) is 12.6 Å². The Bertz CT molecular complexity index is 598. The van der Waals surface area contributed by atoms with Gasteiger partial charge in [-0.1, -0.05) is 24.8 Å².